The molecule has 0 saturated heterocycles. The molecule has 0 spiro atoms. The minimum absolute atomic E-state index is 0.0861. The van der Waals surface area contributed by atoms with Crippen molar-refractivity contribution < 1.29 is 18.8 Å². The number of β-amino-alcohol motifs (C(OH)–C–C–N with tert-alkyl or cyclic N) is 1. The summed E-state index contributed by atoms with van der Waals surface area (Å²) in [7, 11) is 0. The molecule has 0 aliphatic carbocycles. The Morgan fingerprint density at radius 3 is 2.67 bits per heavy atom. The number of aliphatic hydroxyl groups is 1. The second-order valence-corrected chi connectivity index (χ2v) is 5.80. The van der Waals surface area contributed by atoms with Gasteiger partial charge in [-0.2, -0.15) is 5.10 Å². The zero-order valence-electron chi connectivity index (χ0n) is 12.7. The highest BCUT2D eigenvalue weighted by atomic mass is 19.1. The number of halogens is 2. The van der Waals surface area contributed by atoms with Crippen LogP contribution in [0.5, 0.6) is 0 Å². The van der Waals surface area contributed by atoms with Crippen molar-refractivity contribution in [3.63, 3.8) is 0 Å². The minimum atomic E-state index is -0.831. The second kappa shape index (κ2) is 6.62. The van der Waals surface area contributed by atoms with Crippen molar-refractivity contribution in [1.29, 1.82) is 0 Å². The maximum atomic E-state index is 13.9. The van der Waals surface area contributed by atoms with Gasteiger partial charge < -0.3 is 5.11 Å². The number of rotatable bonds is 5. The number of fused-ring (bicyclic) bond motifs is 1. The first-order valence-electron chi connectivity index (χ1n) is 7.47. The molecule has 1 aliphatic heterocycles. The van der Waals surface area contributed by atoms with Crippen LogP contribution in [0.3, 0.4) is 0 Å². The van der Waals surface area contributed by atoms with Crippen LogP contribution in [0.2, 0.25) is 0 Å². The highest BCUT2D eigenvalue weighted by Crippen LogP contribution is 2.24. The van der Waals surface area contributed by atoms with Crippen molar-refractivity contribution in [2.45, 2.75) is 25.6 Å². The number of benzene rings is 1. The van der Waals surface area contributed by atoms with Gasteiger partial charge in [0.15, 0.2) is 0 Å². The van der Waals surface area contributed by atoms with Gasteiger partial charge in [-0.05, 0) is 24.1 Å². The van der Waals surface area contributed by atoms with Gasteiger partial charge in [0, 0.05) is 25.2 Å². The van der Waals surface area contributed by atoms with E-state index >= 15 is 0 Å². The van der Waals surface area contributed by atoms with Crippen molar-refractivity contribution >= 4 is 5.69 Å². The summed E-state index contributed by atoms with van der Waals surface area (Å²) in [6.45, 7) is 1.05. The van der Waals surface area contributed by atoms with Gasteiger partial charge in [0.1, 0.15) is 24.0 Å². The minimum Gasteiger partial charge on any atom is -0.390 e. The second-order valence-electron chi connectivity index (χ2n) is 5.80. The van der Waals surface area contributed by atoms with Crippen LogP contribution in [0.4, 0.5) is 14.5 Å². The first-order valence-corrected chi connectivity index (χ1v) is 7.47. The summed E-state index contributed by atoms with van der Waals surface area (Å²) in [5.74, 6) is -0.858. The van der Waals surface area contributed by atoms with Crippen LogP contribution in [0.1, 0.15) is 11.1 Å². The fourth-order valence-electron chi connectivity index (χ4n) is 2.92. The van der Waals surface area contributed by atoms with Crippen LogP contribution in [-0.2, 0) is 19.5 Å². The third-order valence-corrected chi connectivity index (χ3v) is 4.07. The van der Waals surface area contributed by atoms with Gasteiger partial charge in [-0.25, -0.2) is 8.78 Å². The fraction of sp³-hybridized carbons (Fsp3) is 0.400. The molecular formula is C15H16F2N4O3. The molecule has 9 heteroatoms. The van der Waals surface area contributed by atoms with Crippen LogP contribution in [0.25, 0.3) is 0 Å². The average Bonchev–Trinajstić information content (AvgIpc) is 3.00. The summed E-state index contributed by atoms with van der Waals surface area (Å²) in [6, 6.07) is 2.24. The number of nitro groups is 1. The van der Waals surface area contributed by atoms with E-state index in [9.17, 15) is 24.0 Å². The summed E-state index contributed by atoms with van der Waals surface area (Å²) in [5.41, 5.74) is 0.568. The monoisotopic (exact) mass is 338 g/mol. The van der Waals surface area contributed by atoms with E-state index in [1.165, 1.54) is 10.9 Å². The number of hydrogen-bond acceptors (Lipinski definition) is 5. The van der Waals surface area contributed by atoms with E-state index < -0.39 is 22.7 Å². The van der Waals surface area contributed by atoms with E-state index in [0.29, 0.717) is 24.1 Å². The molecule has 24 heavy (non-hydrogen) atoms. The van der Waals surface area contributed by atoms with E-state index in [1.807, 2.05) is 4.90 Å². The Morgan fingerprint density at radius 2 is 2.00 bits per heavy atom. The van der Waals surface area contributed by atoms with Crippen LogP contribution in [0, 0.1) is 21.7 Å². The molecule has 1 unspecified atom stereocenters. The predicted octanol–water partition coefficient (Wildman–Crippen LogP) is 1.49. The Labute approximate surface area is 136 Å². The number of aliphatic hydroxyl groups excluding tert-OH is 1. The maximum Gasteiger partial charge on any atom is 0.306 e. The molecule has 0 radical (unpaired) electrons. The van der Waals surface area contributed by atoms with Gasteiger partial charge in [-0.15, -0.1) is 0 Å². The Morgan fingerprint density at radius 1 is 1.29 bits per heavy atom. The average molecular weight is 338 g/mol. The zero-order chi connectivity index (χ0) is 17.3. The maximum absolute atomic E-state index is 13.9. The first-order chi connectivity index (χ1) is 11.4. The van der Waals surface area contributed by atoms with E-state index in [2.05, 4.69) is 5.10 Å². The van der Waals surface area contributed by atoms with E-state index in [4.69, 9.17) is 0 Å². The quantitative estimate of drug-likeness (QED) is 0.659. The third-order valence-electron chi connectivity index (χ3n) is 4.07. The Balaban J connectivity index is 1.62. The van der Waals surface area contributed by atoms with Crippen molar-refractivity contribution in [2.75, 3.05) is 13.1 Å². The molecule has 7 nitrogen and oxygen atoms in total. The molecule has 2 heterocycles. The topological polar surface area (TPSA) is 84.4 Å². The molecule has 3 rings (SSSR count). The lowest BCUT2D eigenvalue weighted by molar-refractivity contribution is -0.385. The largest absolute Gasteiger partial charge is 0.390 e. The SMILES string of the molecule is O=[N+]([O-])c1cnn(CC(O)CN2CCc3c(F)ccc(F)c3C2)c1. The zero-order valence-corrected chi connectivity index (χ0v) is 12.7. The number of hydrogen-bond donors (Lipinski definition) is 1. The Bertz CT molecular complexity index is 765. The van der Waals surface area contributed by atoms with Gasteiger partial charge in [-0.3, -0.25) is 19.7 Å². The van der Waals surface area contributed by atoms with E-state index in [-0.39, 0.29) is 25.3 Å². The summed E-state index contributed by atoms with van der Waals surface area (Å²) < 4.78 is 28.8. The van der Waals surface area contributed by atoms with Gasteiger partial charge in [0.2, 0.25) is 0 Å². The standard InChI is InChI=1S/C15H16F2N4O3/c16-14-1-2-15(17)13-9-19(4-3-12(13)14)7-11(22)8-20-6-10(5-18-20)21(23)24/h1-2,5-6,11,22H,3-4,7-9H2. The molecular weight excluding hydrogens is 322 g/mol. The van der Waals surface area contributed by atoms with Crippen molar-refractivity contribution in [3.05, 3.63) is 57.4 Å². The summed E-state index contributed by atoms with van der Waals surface area (Å²) in [4.78, 5) is 11.9. The fourth-order valence-corrected chi connectivity index (χ4v) is 2.92. The van der Waals surface area contributed by atoms with Gasteiger partial charge in [0.05, 0.1) is 17.6 Å². The van der Waals surface area contributed by atoms with Crippen molar-refractivity contribution in [3.8, 4) is 0 Å². The van der Waals surface area contributed by atoms with E-state index in [1.54, 1.807) is 0 Å². The van der Waals surface area contributed by atoms with Gasteiger partial charge >= 0.3 is 5.69 Å². The lowest BCUT2D eigenvalue weighted by Gasteiger charge is -2.30. The highest BCUT2D eigenvalue weighted by molar-refractivity contribution is 5.32. The van der Waals surface area contributed by atoms with Gasteiger partial charge in [0.25, 0.3) is 0 Å². The molecule has 0 amide bonds. The summed E-state index contributed by atoms with van der Waals surface area (Å²) in [5, 5.41) is 24.6. The lowest BCUT2D eigenvalue weighted by Crippen LogP contribution is -2.39. The molecule has 0 fully saturated rings. The smallest absolute Gasteiger partial charge is 0.306 e. The van der Waals surface area contributed by atoms with Crippen molar-refractivity contribution in [2.24, 2.45) is 0 Å². The molecule has 1 aromatic carbocycles. The normalized spacial score (nSPS) is 16.0. The molecule has 1 atom stereocenters. The first kappa shape index (κ1) is 16.5. The molecule has 0 saturated carbocycles. The van der Waals surface area contributed by atoms with Crippen molar-refractivity contribution in [1.82, 2.24) is 14.7 Å². The summed E-state index contributed by atoms with van der Waals surface area (Å²) >= 11 is 0. The third kappa shape index (κ3) is 3.41. The summed E-state index contributed by atoms with van der Waals surface area (Å²) in [6.07, 6.45) is 1.90. The van der Waals surface area contributed by atoms with Crippen LogP contribution < -0.4 is 0 Å². The highest BCUT2D eigenvalue weighted by Gasteiger charge is 2.24. The van der Waals surface area contributed by atoms with Crippen LogP contribution >= 0.6 is 0 Å². The van der Waals surface area contributed by atoms with Crippen LogP contribution in [-0.4, -0.2) is 43.9 Å². The molecule has 128 valence electrons. The molecule has 0 bridgehead atoms. The van der Waals surface area contributed by atoms with Gasteiger partial charge in [-0.1, -0.05) is 0 Å². The Hall–Kier alpha value is -2.39. The molecule has 1 aliphatic rings. The molecule has 2 aromatic rings. The predicted molar refractivity (Wildman–Crippen MR) is 80.2 cm³/mol. The molecule has 1 aromatic heterocycles. The number of aromatic nitrogens is 2. The van der Waals surface area contributed by atoms with Crippen LogP contribution in [0.15, 0.2) is 24.5 Å². The van der Waals surface area contributed by atoms with E-state index in [0.717, 1.165) is 18.3 Å². The lowest BCUT2D eigenvalue weighted by atomic mass is 9.98. The molecule has 1 N–H and O–H groups in total. The Kier molecular flexibility index (Phi) is 4.54. The number of nitrogens with zero attached hydrogens (tertiary/aromatic N) is 4.